The maximum Gasteiger partial charge on any atom is 0.308 e. The first-order chi connectivity index (χ1) is 11.2. The van der Waals surface area contributed by atoms with Crippen molar-refractivity contribution < 1.29 is 9.53 Å². The number of nitrogens with zero attached hydrogens (tertiary/aromatic N) is 3. The number of nitrogens with one attached hydrogen (secondary N) is 1. The highest BCUT2D eigenvalue weighted by atomic mass is 127. The van der Waals surface area contributed by atoms with Gasteiger partial charge in [0.1, 0.15) is 0 Å². The number of carbonyl (C=O) groups is 1. The third-order valence-corrected chi connectivity index (χ3v) is 4.95. The van der Waals surface area contributed by atoms with Gasteiger partial charge in [-0.2, -0.15) is 0 Å². The smallest absolute Gasteiger partial charge is 0.308 e. The Labute approximate surface area is 163 Å². The van der Waals surface area contributed by atoms with E-state index < -0.39 is 0 Å². The van der Waals surface area contributed by atoms with E-state index >= 15 is 0 Å². The molecule has 0 aromatic rings. The number of likely N-dealkylation sites (tertiary alicyclic amines) is 2. The summed E-state index contributed by atoms with van der Waals surface area (Å²) in [5.41, 5.74) is 0. The van der Waals surface area contributed by atoms with E-state index in [4.69, 9.17) is 4.74 Å². The summed E-state index contributed by atoms with van der Waals surface area (Å²) >= 11 is 0. The highest BCUT2D eigenvalue weighted by molar-refractivity contribution is 14.0. The number of hydrogen-bond donors (Lipinski definition) is 1. The van der Waals surface area contributed by atoms with E-state index in [1.54, 1.807) is 0 Å². The number of ether oxygens (including phenoxy) is 1. The van der Waals surface area contributed by atoms with Crippen LogP contribution >= 0.6 is 24.0 Å². The van der Waals surface area contributed by atoms with Gasteiger partial charge >= 0.3 is 5.97 Å². The molecule has 7 heteroatoms. The van der Waals surface area contributed by atoms with Crippen LogP contribution in [0.1, 0.15) is 38.5 Å². The first kappa shape index (κ1) is 21.5. The molecule has 140 valence electrons. The molecule has 6 nitrogen and oxygen atoms in total. The molecule has 0 atom stereocenters. The molecule has 0 saturated carbocycles. The van der Waals surface area contributed by atoms with Crippen molar-refractivity contribution in [1.82, 2.24) is 15.1 Å². The van der Waals surface area contributed by atoms with Gasteiger partial charge in [-0.05, 0) is 38.8 Å². The molecular formula is C17H33IN4O2. The standard InChI is InChI=1S/C17H32N4O2.HI/c1-18-17(19-9-14-20-10-5-3-4-6-11-20)21-12-7-15(8-13-21)16(22)23-2;/h15H,3-14H2,1-2H3,(H,18,19);1H. The number of halogens is 1. The SMILES string of the molecule is CN=C(NCCN1CCCCCC1)N1CCC(C(=O)OC)CC1.I. The van der Waals surface area contributed by atoms with Crippen molar-refractivity contribution in [1.29, 1.82) is 0 Å². The number of methoxy groups -OCH3 is 1. The fourth-order valence-electron chi connectivity index (χ4n) is 3.51. The summed E-state index contributed by atoms with van der Waals surface area (Å²) in [7, 11) is 3.30. The van der Waals surface area contributed by atoms with E-state index in [2.05, 4.69) is 20.1 Å². The lowest BCUT2D eigenvalue weighted by Gasteiger charge is -2.33. The van der Waals surface area contributed by atoms with Crippen molar-refractivity contribution in [2.45, 2.75) is 38.5 Å². The van der Waals surface area contributed by atoms with E-state index in [9.17, 15) is 4.79 Å². The van der Waals surface area contributed by atoms with Gasteiger partial charge in [0.2, 0.25) is 0 Å². The van der Waals surface area contributed by atoms with Gasteiger partial charge in [0.15, 0.2) is 5.96 Å². The number of esters is 1. The Balaban J connectivity index is 0.00000288. The summed E-state index contributed by atoms with van der Waals surface area (Å²) in [5, 5.41) is 3.48. The van der Waals surface area contributed by atoms with Crippen LogP contribution in [0.25, 0.3) is 0 Å². The molecule has 2 fully saturated rings. The zero-order valence-corrected chi connectivity index (χ0v) is 17.5. The van der Waals surface area contributed by atoms with Crippen molar-refractivity contribution in [3.8, 4) is 0 Å². The minimum atomic E-state index is -0.0752. The second kappa shape index (κ2) is 11.9. The van der Waals surface area contributed by atoms with Crippen LogP contribution < -0.4 is 5.32 Å². The number of carbonyl (C=O) groups excluding carboxylic acids is 1. The first-order valence-electron chi connectivity index (χ1n) is 9.00. The van der Waals surface area contributed by atoms with Crippen molar-refractivity contribution in [3.05, 3.63) is 0 Å². The molecule has 2 saturated heterocycles. The Morgan fingerprint density at radius 3 is 2.29 bits per heavy atom. The summed E-state index contributed by atoms with van der Waals surface area (Å²) < 4.78 is 4.85. The number of guanidine groups is 1. The second-order valence-electron chi connectivity index (χ2n) is 6.51. The van der Waals surface area contributed by atoms with Gasteiger partial charge < -0.3 is 19.9 Å². The van der Waals surface area contributed by atoms with Crippen molar-refractivity contribution in [2.24, 2.45) is 10.9 Å². The van der Waals surface area contributed by atoms with E-state index in [1.807, 2.05) is 7.05 Å². The highest BCUT2D eigenvalue weighted by Crippen LogP contribution is 2.18. The van der Waals surface area contributed by atoms with Gasteiger partial charge in [0.05, 0.1) is 13.0 Å². The number of rotatable bonds is 4. The van der Waals surface area contributed by atoms with Gasteiger partial charge in [-0.3, -0.25) is 9.79 Å². The summed E-state index contributed by atoms with van der Waals surface area (Å²) in [4.78, 5) is 20.8. The Bertz CT molecular complexity index is 390. The monoisotopic (exact) mass is 452 g/mol. The zero-order valence-electron chi connectivity index (χ0n) is 15.1. The number of hydrogen-bond acceptors (Lipinski definition) is 4. The molecule has 2 heterocycles. The quantitative estimate of drug-likeness (QED) is 0.306. The lowest BCUT2D eigenvalue weighted by atomic mass is 9.97. The minimum Gasteiger partial charge on any atom is -0.469 e. The van der Waals surface area contributed by atoms with Gasteiger partial charge in [-0.1, -0.05) is 12.8 Å². The molecule has 24 heavy (non-hydrogen) atoms. The average Bonchev–Trinajstić information content (AvgIpc) is 2.87. The zero-order chi connectivity index (χ0) is 16.5. The maximum absolute atomic E-state index is 11.6. The Morgan fingerprint density at radius 1 is 1.12 bits per heavy atom. The normalized spacial score (nSPS) is 20.9. The highest BCUT2D eigenvalue weighted by Gasteiger charge is 2.26. The maximum atomic E-state index is 11.6. The fourth-order valence-corrected chi connectivity index (χ4v) is 3.51. The van der Waals surface area contributed by atoms with Gasteiger partial charge in [0, 0.05) is 33.2 Å². The van der Waals surface area contributed by atoms with E-state index in [1.165, 1.54) is 45.9 Å². The van der Waals surface area contributed by atoms with Crippen LogP contribution in [0.5, 0.6) is 0 Å². The van der Waals surface area contributed by atoms with Crippen LogP contribution in [0.4, 0.5) is 0 Å². The van der Waals surface area contributed by atoms with Crippen LogP contribution in [0, 0.1) is 5.92 Å². The van der Waals surface area contributed by atoms with E-state index in [0.29, 0.717) is 0 Å². The summed E-state index contributed by atoms with van der Waals surface area (Å²) in [6.07, 6.45) is 7.10. The van der Waals surface area contributed by atoms with Crippen molar-refractivity contribution in [2.75, 3.05) is 53.4 Å². The topological polar surface area (TPSA) is 57.2 Å². The molecule has 0 spiro atoms. The summed E-state index contributed by atoms with van der Waals surface area (Å²) in [5.74, 6) is 0.934. The molecule has 0 aromatic carbocycles. The average molecular weight is 452 g/mol. The molecule has 2 aliphatic heterocycles. The minimum absolute atomic E-state index is 0. The van der Waals surface area contributed by atoms with Gasteiger partial charge in [-0.25, -0.2) is 0 Å². The van der Waals surface area contributed by atoms with Crippen LogP contribution in [-0.2, 0) is 9.53 Å². The summed E-state index contributed by atoms with van der Waals surface area (Å²) in [6.45, 7) is 6.20. The third-order valence-electron chi connectivity index (χ3n) is 4.95. The van der Waals surface area contributed by atoms with E-state index in [0.717, 1.165) is 45.0 Å². The number of aliphatic imine (C=N–C) groups is 1. The summed E-state index contributed by atoms with van der Waals surface area (Å²) in [6, 6.07) is 0. The molecular weight excluding hydrogens is 419 g/mol. The molecule has 1 N–H and O–H groups in total. The van der Waals surface area contributed by atoms with Crippen LogP contribution in [0.2, 0.25) is 0 Å². The Kier molecular flexibility index (Phi) is 10.6. The predicted molar refractivity (Wildman–Crippen MR) is 108 cm³/mol. The molecule has 2 rings (SSSR count). The molecule has 0 radical (unpaired) electrons. The third kappa shape index (κ3) is 6.74. The van der Waals surface area contributed by atoms with Crippen molar-refractivity contribution >= 4 is 35.9 Å². The van der Waals surface area contributed by atoms with Crippen molar-refractivity contribution in [3.63, 3.8) is 0 Å². The first-order valence-corrected chi connectivity index (χ1v) is 9.00. The van der Waals surface area contributed by atoms with Gasteiger partial charge in [0.25, 0.3) is 0 Å². The molecule has 0 aliphatic carbocycles. The lowest BCUT2D eigenvalue weighted by Crippen LogP contribution is -2.48. The Hall–Kier alpha value is -0.570. The van der Waals surface area contributed by atoms with Crippen LogP contribution in [-0.4, -0.2) is 75.2 Å². The van der Waals surface area contributed by atoms with Crippen LogP contribution in [0.15, 0.2) is 4.99 Å². The largest absolute Gasteiger partial charge is 0.469 e. The number of piperidine rings is 1. The lowest BCUT2D eigenvalue weighted by molar-refractivity contribution is -0.146. The second-order valence-corrected chi connectivity index (χ2v) is 6.51. The van der Waals surface area contributed by atoms with E-state index in [-0.39, 0.29) is 35.9 Å². The molecule has 0 unspecified atom stereocenters. The Morgan fingerprint density at radius 2 is 1.75 bits per heavy atom. The predicted octanol–water partition coefficient (Wildman–Crippen LogP) is 1.94. The molecule has 0 aromatic heterocycles. The fraction of sp³-hybridized carbons (Fsp3) is 0.882. The molecule has 0 bridgehead atoms. The molecule has 2 aliphatic rings. The molecule has 0 amide bonds. The van der Waals surface area contributed by atoms with Gasteiger partial charge in [-0.15, -0.1) is 24.0 Å². The van der Waals surface area contributed by atoms with Crippen LogP contribution in [0.3, 0.4) is 0 Å².